The van der Waals surface area contributed by atoms with Crippen LogP contribution < -0.4 is 15.0 Å². The number of pyridine rings is 1. The van der Waals surface area contributed by atoms with E-state index < -0.39 is 35.5 Å². The maximum atomic E-state index is 13.4. The van der Waals surface area contributed by atoms with Crippen molar-refractivity contribution < 1.29 is 32.3 Å². The standard InChI is InChI=1S/C25H28F3N5O4/c1-24(2)22(35)33(23(36)32(24)15-16-6-10-29-11-7-16)18-4-5-20(37-25(26,27)28)19(14-18)30-21(34)17-8-12-31(3)13-9-17/h4-7,10-11,14,17H,8-9,12-13,15H2,1-3H3,(H,30,34). The number of aromatic nitrogens is 1. The Balaban J connectivity index is 1.64. The number of carbonyl (C=O) groups is 3. The second-order valence-electron chi connectivity index (χ2n) is 9.72. The number of carbonyl (C=O) groups excluding carboxylic acids is 3. The monoisotopic (exact) mass is 519 g/mol. The molecule has 4 amide bonds. The molecule has 2 saturated heterocycles. The summed E-state index contributed by atoms with van der Waals surface area (Å²) in [6, 6.07) is 6.15. The minimum atomic E-state index is -5.00. The highest BCUT2D eigenvalue weighted by atomic mass is 19.4. The summed E-state index contributed by atoms with van der Waals surface area (Å²) in [4.78, 5) is 47.9. The van der Waals surface area contributed by atoms with Crippen LogP contribution in [0.15, 0.2) is 42.7 Å². The van der Waals surface area contributed by atoms with Crippen LogP contribution in [0.2, 0.25) is 0 Å². The number of nitrogens with zero attached hydrogens (tertiary/aromatic N) is 4. The molecule has 2 aliphatic rings. The third-order valence-corrected chi connectivity index (χ3v) is 6.71. The number of ether oxygens (including phenoxy) is 1. The summed E-state index contributed by atoms with van der Waals surface area (Å²) in [5.41, 5.74) is -0.719. The zero-order valence-electron chi connectivity index (χ0n) is 20.7. The topological polar surface area (TPSA) is 95.1 Å². The summed E-state index contributed by atoms with van der Waals surface area (Å²) in [7, 11) is 1.93. The fourth-order valence-corrected chi connectivity index (χ4v) is 4.47. The number of alkyl halides is 3. The van der Waals surface area contributed by atoms with E-state index >= 15 is 0 Å². The Hall–Kier alpha value is -3.67. The first-order valence-corrected chi connectivity index (χ1v) is 11.8. The third kappa shape index (κ3) is 5.68. The number of nitrogens with one attached hydrogen (secondary N) is 1. The van der Waals surface area contributed by atoms with Crippen LogP contribution in [0.5, 0.6) is 5.75 Å². The van der Waals surface area contributed by atoms with Gasteiger partial charge in [-0.05, 0) is 82.7 Å². The largest absolute Gasteiger partial charge is 0.573 e. The van der Waals surface area contributed by atoms with Crippen molar-refractivity contribution in [1.82, 2.24) is 14.8 Å². The molecule has 0 unspecified atom stereocenters. The Morgan fingerprint density at radius 1 is 1.14 bits per heavy atom. The SMILES string of the molecule is CN1CCC(C(=O)Nc2cc(N3C(=O)N(Cc4ccncc4)C(C)(C)C3=O)ccc2OC(F)(F)F)CC1. The smallest absolute Gasteiger partial charge is 0.404 e. The van der Waals surface area contributed by atoms with Crippen molar-refractivity contribution in [2.45, 2.75) is 45.1 Å². The van der Waals surface area contributed by atoms with E-state index in [0.717, 1.165) is 22.6 Å². The summed E-state index contributed by atoms with van der Waals surface area (Å²) >= 11 is 0. The molecule has 1 aromatic carbocycles. The van der Waals surface area contributed by atoms with E-state index in [1.54, 1.807) is 38.4 Å². The first-order chi connectivity index (χ1) is 17.4. The molecule has 0 bridgehead atoms. The first kappa shape index (κ1) is 26.4. The molecule has 0 spiro atoms. The fraction of sp³-hybridized carbons (Fsp3) is 0.440. The summed E-state index contributed by atoms with van der Waals surface area (Å²) in [6.45, 7) is 4.69. The number of hydrogen-bond acceptors (Lipinski definition) is 6. The average Bonchev–Trinajstić information content (AvgIpc) is 3.00. The van der Waals surface area contributed by atoms with Crippen molar-refractivity contribution in [2.24, 2.45) is 5.92 Å². The lowest BCUT2D eigenvalue weighted by molar-refractivity contribution is -0.274. The molecule has 2 aliphatic heterocycles. The Kier molecular flexibility index (Phi) is 7.13. The molecule has 2 fully saturated rings. The van der Waals surface area contributed by atoms with Gasteiger partial charge in [0.1, 0.15) is 5.54 Å². The maximum absolute atomic E-state index is 13.4. The molecule has 3 heterocycles. The van der Waals surface area contributed by atoms with Crippen LogP contribution in [-0.2, 0) is 16.1 Å². The normalized spacial score (nSPS) is 18.9. The van der Waals surface area contributed by atoms with Gasteiger partial charge >= 0.3 is 12.4 Å². The van der Waals surface area contributed by atoms with Gasteiger partial charge in [0.05, 0.1) is 11.4 Å². The predicted octanol–water partition coefficient (Wildman–Crippen LogP) is 4.01. The van der Waals surface area contributed by atoms with Crippen LogP contribution >= 0.6 is 0 Å². The van der Waals surface area contributed by atoms with E-state index in [2.05, 4.69) is 19.9 Å². The van der Waals surface area contributed by atoms with Crippen molar-refractivity contribution in [2.75, 3.05) is 30.4 Å². The molecule has 2 aromatic rings. The van der Waals surface area contributed by atoms with E-state index in [1.165, 1.54) is 11.0 Å². The summed E-state index contributed by atoms with van der Waals surface area (Å²) in [5, 5.41) is 2.53. The van der Waals surface area contributed by atoms with E-state index in [0.29, 0.717) is 25.9 Å². The number of amides is 4. The molecule has 9 nitrogen and oxygen atoms in total. The molecular weight excluding hydrogens is 491 g/mol. The molecule has 12 heteroatoms. The third-order valence-electron chi connectivity index (χ3n) is 6.71. The minimum Gasteiger partial charge on any atom is -0.404 e. The van der Waals surface area contributed by atoms with Crippen LogP contribution in [0.4, 0.5) is 29.3 Å². The molecule has 1 aromatic heterocycles. The van der Waals surface area contributed by atoms with E-state index in [-0.39, 0.29) is 23.8 Å². The van der Waals surface area contributed by atoms with Crippen LogP contribution in [0.1, 0.15) is 32.3 Å². The predicted molar refractivity (Wildman–Crippen MR) is 129 cm³/mol. The molecule has 37 heavy (non-hydrogen) atoms. The van der Waals surface area contributed by atoms with Crippen LogP contribution in [0.3, 0.4) is 0 Å². The fourth-order valence-electron chi connectivity index (χ4n) is 4.47. The van der Waals surface area contributed by atoms with Gasteiger partial charge in [-0.25, -0.2) is 9.69 Å². The number of rotatable bonds is 6. The Morgan fingerprint density at radius 3 is 2.41 bits per heavy atom. The van der Waals surface area contributed by atoms with Crippen molar-refractivity contribution in [1.29, 1.82) is 0 Å². The van der Waals surface area contributed by atoms with Crippen LogP contribution in [0, 0.1) is 5.92 Å². The maximum Gasteiger partial charge on any atom is 0.573 e. The van der Waals surface area contributed by atoms with Crippen LogP contribution in [-0.4, -0.2) is 64.7 Å². The second kappa shape index (κ2) is 10.0. The Bertz CT molecular complexity index is 1180. The quantitative estimate of drug-likeness (QED) is 0.580. The highest BCUT2D eigenvalue weighted by molar-refractivity contribution is 6.23. The number of halogens is 3. The van der Waals surface area contributed by atoms with Gasteiger partial charge in [0.2, 0.25) is 5.91 Å². The lowest BCUT2D eigenvalue weighted by Crippen LogP contribution is -2.43. The van der Waals surface area contributed by atoms with Gasteiger partial charge in [-0.3, -0.25) is 14.6 Å². The lowest BCUT2D eigenvalue weighted by atomic mass is 9.96. The molecular formula is C25H28F3N5O4. The van der Waals surface area contributed by atoms with Gasteiger partial charge < -0.3 is 19.9 Å². The number of imide groups is 1. The minimum absolute atomic E-state index is 0.0218. The van der Waals surface area contributed by atoms with E-state index in [4.69, 9.17) is 0 Å². The van der Waals surface area contributed by atoms with Gasteiger partial charge in [0.15, 0.2) is 5.75 Å². The number of hydrogen-bond donors (Lipinski definition) is 1. The molecule has 0 radical (unpaired) electrons. The Labute approximate surface area is 212 Å². The van der Waals surface area contributed by atoms with Crippen molar-refractivity contribution in [3.8, 4) is 5.75 Å². The molecule has 0 aliphatic carbocycles. The Morgan fingerprint density at radius 2 is 1.78 bits per heavy atom. The highest BCUT2D eigenvalue weighted by Crippen LogP contribution is 2.38. The molecule has 4 rings (SSSR count). The highest BCUT2D eigenvalue weighted by Gasteiger charge is 2.52. The van der Waals surface area contributed by atoms with Crippen molar-refractivity contribution >= 4 is 29.2 Å². The molecule has 0 saturated carbocycles. The first-order valence-electron chi connectivity index (χ1n) is 11.8. The molecule has 198 valence electrons. The van der Waals surface area contributed by atoms with E-state index in [1.807, 2.05) is 7.05 Å². The van der Waals surface area contributed by atoms with Gasteiger partial charge in [-0.2, -0.15) is 0 Å². The number of likely N-dealkylation sites (tertiary alicyclic amines) is 1. The van der Waals surface area contributed by atoms with Gasteiger partial charge in [0, 0.05) is 24.9 Å². The lowest BCUT2D eigenvalue weighted by Gasteiger charge is -2.28. The summed E-state index contributed by atoms with van der Waals surface area (Å²) in [5.74, 6) is -2.02. The second-order valence-corrected chi connectivity index (χ2v) is 9.72. The van der Waals surface area contributed by atoms with Gasteiger partial charge in [-0.1, -0.05) is 0 Å². The number of benzene rings is 1. The van der Waals surface area contributed by atoms with Crippen molar-refractivity contribution in [3.63, 3.8) is 0 Å². The summed E-state index contributed by atoms with van der Waals surface area (Å²) < 4.78 is 43.3. The van der Waals surface area contributed by atoms with Gasteiger partial charge in [-0.15, -0.1) is 13.2 Å². The van der Waals surface area contributed by atoms with Gasteiger partial charge in [0.25, 0.3) is 5.91 Å². The van der Waals surface area contributed by atoms with Crippen LogP contribution in [0.25, 0.3) is 0 Å². The van der Waals surface area contributed by atoms with Crippen molar-refractivity contribution in [3.05, 3.63) is 48.3 Å². The number of urea groups is 1. The molecule has 1 N–H and O–H groups in total. The number of piperidine rings is 1. The number of anilines is 2. The van der Waals surface area contributed by atoms with E-state index in [9.17, 15) is 27.6 Å². The zero-order chi connectivity index (χ0) is 27.0. The zero-order valence-corrected chi connectivity index (χ0v) is 20.7. The summed E-state index contributed by atoms with van der Waals surface area (Å²) in [6.07, 6.45) is -0.753. The molecule has 0 atom stereocenters. The average molecular weight is 520 g/mol.